The van der Waals surface area contributed by atoms with Crippen LogP contribution in [0.3, 0.4) is 0 Å². The van der Waals surface area contributed by atoms with E-state index in [2.05, 4.69) is 4.98 Å². The molecule has 6 nitrogen and oxygen atoms in total. The van der Waals surface area contributed by atoms with Gasteiger partial charge in [0.05, 0.1) is 30.6 Å². The lowest BCUT2D eigenvalue weighted by Gasteiger charge is -2.23. The van der Waals surface area contributed by atoms with Gasteiger partial charge < -0.3 is 9.47 Å². The third-order valence-corrected chi connectivity index (χ3v) is 6.76. The van der Waals surface area contributed by atoms with E-state index in [1.165, 1.54) is 30.5 Å². The molecule has 0 N–H and O–H groups in total. The van der Waals surface area contributed by atoms with Gasteiger partial charge in [-0.1, -0.05) is 42.5 Å². The maximum atomic E-state index is 13.2. The Morgan fingerprint density at radius 1 is 1.06 bits per heavy atom. The molecule has 0 unspecified atom stereocenters. The first kappa shape index (κ1) is 23.7. The van der Waals surface area contributed by atoms with E-state index in [-0.39, 0.29) is 35.8 Å². The molecule has 8 heteroatoms. The number of hydrogen-bond donors (Lipinski definition) is 0. The fraction of sp³-hybridized carbons (Fsp3) is 0.333. The zero-order valence-electron chi connectivity index (χ0n) is 18.5. The van der Waals surface area contributed by atoms with E-state index in [9.17, 15) is 17.6 Å². The van der Waals surface area contributed by atoms with Crippen molar-refractivity contribution in [2.45, 2.75) is 50.7 Å². The maximum Gasteiger partial charge on any atom is 0.228 e. The highest BCUT2D eigenvalue weighted by Gasteiger charge is 2.26. The van der Waals surface area contributed by atoms with Gasteiger partial charge in [-0.15, -0.1) is 0 Å². The Morgan fingerprint density at radius 2 is 1.72 bits per heavy atom. The van der Waals surface area contributed by atoms with E-state index in [0.717, 1.165) is 5.56 Å². The molecule has 0 spiro atoms. The van der Waals surface area contributed by atoms with Gasteiger partial charge in [-0.05, 0) is 44.0 Å². The van der Waals surface area contributed by atoms with Crippen LogP contribution in [0.1, 0.15) is 43.6 Å². The zero-order valence-corrected chi connectivity index (χ0v) is 19.3. The molecule has 170 valence electrons. The van der Waals surface area contributed by atoms with Crippen molar-refractivity contribution in [2.75, 3.05) is 6.54 Å². The van der Waals surface area contributed by atoms with Crippen LogP contribution in [0.2, 0.25) is 0 Å². The number of nitrogens with zero attached hydrogens (tertiary/aromatic N) is 3. The van der Waals surface area contributed by atoms with Crippen molar-refractivity contribution in [2.24, 2.45) is 0 Å². The molecule has 1 heterocycles. The molecule has 3 aromatic rings. The number of amides is 1. The first-order valence-corrected chi connectivity index (χ1v) is 12.2. The Morgan fingerprint density at radius 3 is 2.31 bits per heavy atom. The number of benzene rings is 2. The molecule has 0 saturated carbocycles. The summed E-state index contributed by atoms with van der Waals surface area (Å²) in [5.41, 5.74) is 2.07. The molecule has 3 rings (SSSR count). The first-order valence-electron chi connectivity index (χ1n) is 10.6. The second kappa shape index (κ2) is 10.1. The Hall–Kier alpha value is -3.00. The van der Waals surface area contributed by atoms with E-state index in [4.69, 9.17) is 0 Å². The van der Waals surface area contributed by atoms with Crippen molar-refractivity contribution < 1.29 is 17.6 Å². The van der Waals surface area contributed by atoms with Crippen molar-refractivity contribution in [3.63, 3.8) is 0 Å². The summed E-state index contributed by atoms with van der Waals surface area (Å²) in [5.74, 6) is -0.733. The van der Waals surface area contributed by atoms with Crippen LogP contribution in [-0.2, 0) is 33.4 Å². The number of imidazole rings is 1. The summed E-state index contributed by atoms with van der Waals surface area (Å²) in [6.45, 7) is 6.41. The highest BCUT2D eigenvalue weighted by atomic mass is 32.2. The molecular weight excluding hydrogens is 429 g/mol. The third-order valence-electron chi connectivity index (χ3n) is 5.19. The molecule has 32 heavy (non-hydrogen) atoms. The lowest BCUT2D eigenvalue weighted by Crippen LogP contribution is -2.32. The fourth-order valence-electron chi connectivity index (χ4n) is 3.60. The summed E-state index contributed by atoms with van der Waals surface area (Å²) in [6.07, 6.45) is 1.80. The van der Waals surface area contributed by atoms with Gasteiger partial charge in [-0.25, -0.2) is 17.8 Å². The number of rotatable bonds is 9. The number of aromatic nitrogens is 2. The highest BCUT2D eigenvalue weighted by Crippen LogP contribution is 2.23. The van der Waals surface area contributed by atoms with Gasteiger partial charge in [0.25, 0.3) is 0 Å². The smallest absolute Gasteiger partial charge is 0.228 e. The quantitative estimate of drug-likeness (QED) is 0.484. The van der Waals surface area contributed by atoms with Gasteiger partial charge in [0.15, 0.2) is 0 Å². The molecule has 0 atom stereocenters. The summed E-state index contributed by atoms with van der Waals surface area (Å²) in [4.78, 5) is 18.8. The van der Waals surface area contributed by atoms with Crippen molar-refractivity contribution >= 4 is 15.7 Å². The average Bonchev–Trinajstić information content (AvgIpc) is 3.19. The zero-order chi connectivity index (χ0) is 23.3. The van der Waals surface area contributed by atoms with Crippen LogP contribution in [-0.4, -0.2) is 35.3 Å². The molecule has 0 radical (unpaired) electrons. The Labute approximate surface area is 188 Å². The van der Waals surface area contributed by atoms with E-state index < -0.39 is 15.7 Å². The minimum atomic E-state index is -3.77. The van der Waals surface area contributed by atoms with E-state index >= 15 is 0 Å². The Balaban J connectivity index is 1.84. The molecule has 0 saturated heterocycles. The number of hydrogen-bond acceptors (Lipinski definition) is 4. The lowest BCUT2D eigenvalue weighted by molar-refractivity contribution is -0.131. The normalized spacial score (nSPS) is 11.7. The second-order valence-electron chi connectivity index (χ2n) is 7.95. The topological polar surface area (TPSA) is 72.3 Å². The summed E-state index contributed by atoms with van der Waals surface area (Å²) in [7, 11) is -3.77. The number of sulfone groups is 1. The van der Waals surface area contributed by atoms with Gasteiger partial charge in [-0.3, -0.25) is 4.79 Å². The van der Waals surface area contributed by atoms with Crippen LogP contribution in [0, 0.1) is 5.82 Å². The van der Waals surface area contributed by atoms with Gasteiger partial charge in [0, 0.05) is 12.6 Å². The number of carbonyl (C=O) groups is 1. The summed E-state index contributed by atoms with van der Waals surface area (Å²) < 4.78 is 41.0. The standard InChI is InChI=1S/C24H28FN3O3S/c1-4-27(23(29)14-19-8-6-5-7-9-19)16-22-15-26-24(28(22)18(2)3)32(30,31)17-20-10-12-21(25)13-11-20/h5-13,15,18H,4,14,16-17H2,1-3H3. The number of likely N-dealkylation sites (N-methyl/N-ethyl adjacent to an activating group) is 1. The third kappa shape index (κ3) is 5.62. The lowest BCUT2D eigenvalue weighted by atomic mass is 10.1. The van der Waals surface area contributed by atoms with Crippen LogP contribution in [0.15, 0.2) is 66.0 Å². The summed E-state index contributed by atoms with van der Waals surface area (Å²) >= 11 is 0. The van der Waals surface area contributed by atoms with Crippen LogP contribution in [0.25, 0.3) is 0 Å². The minimum absolute atomic E-state index is 0.0362. The molecule has 0 aliphatic rings. The van der Waals surface area contributed by atoms with Crippen LogP contribution >= 0.6 is 0 Å². The molecule has 1 amide bonds. The van der Waals surface area contributed by atoms with Gasteiger partial charge >= 0.3 is 0 Å². The molecule has 0 fully saturated rings. The molecule has 1 aromatic heterocycles. The van der Waals surface area contributed by atoms with Gasteiger partial charge in [0.2, 0.25) is 20.9 Å². The molecule has 0 aliphatic heterocycles. The summed E-state index contributed by atoms with van der Waals surface area (Å²) in [5, 5.41) is -0.0432. The monoisotopic (exact) mass is 457 g/mol. The van der Waals surface area contributed by atoms with Crippen LogP contribution in [0.5, 0.6) is 0 Å². The number of carbonyl (C=O) groups excluding carboxylic acids is 1. The highest BCUT2D eigenvalue weighted by molar-refractivity contribution is 7.90. The minimum Gasteiger partial charge on any atom is -0.337 e. The molecule has 0 bridgehead atoms. The molecule has 0 aliphatic carbocycles. The predicted molar refractivity (Wildman–Crippen MR) is 121 cm³/mol. The van der Waals surface area contributed by atoms with Crippen molar-refractivity contribution in [1.82, 2.24) is 14.5 Å². The van der Waals surface area contributed by atoms with Crippen molar-refractivity contribution in [1.29, 1.82) is 0 Å². The predicted octanol–water partition coefficient (Wildman–Crippen LogP) is 4.17. The molecular formula is C24H28FN3O3S. The van der Waals surface area contributed by atoms with E-state index in [1.807, 2.05) is 51.1 Å². The van der Waals surface area contributed by atoms with Gasteiger partial charge in [0.1, 0.15) is 5.82 Å². The fourth-order valence-corrected chi connectivity index (χ4v) is 5.20. The molecule has 2 aromatic carbocycles. The van der Waals surface area contributed by atoms with E-state index in [0.29, 0.717) is 17.8 Å². The maximum absolute atomic E-state index is 13.2. The van der Waals surface area contributed by atoms with E-state index in [1.54, 1.807) is 9.47 Å². The van der Waals surface area contributed by atoms with Crippen molar-refractivity contribution in [3.05, 3.63) is 83.4 Å². The Bertz CT molecular complexity index is 1160. The Kier molecular flexibility index (Phi) is 7.45. The SMILES string of the molecule is CCN(Cc1cnc(S(=O)(=O)Cc2ccc(F)cc2)n1C(C)C)C(=O)Cc1ccccc1. The first-order chi connectivity index (χ1) is 15.2. The number of halogens is 1. The average molecular weight is 458 g/mol. The van der Waals surface area contributed by atoms with Crippen molar-refractivity contribution in [3.8, 4) is 0 Å². The second-order valence-corrected chi connectivity index (χ2v) is 9.84. The van der Waals surface area contributed by atoms with Gasteiger partial charge in [-0.2, -0.15) is 0 Å². The van der Waals surface area contributed by atoms with Crippen LogP contribution < -0.4 is 0 Å². The van der Waals surface area contributed by atoms with Crippen LogP contribution in [0.4, 0.5) is 4.39 Å². The summed E-state index contributed by atoms with van der Waals surface area (Å²) in [6, 6.07) is 14.7. The largest absolute Gasteiger partial charge is 0.337 e.